The largest absolute Gasteiger partial charge is 0.352 e. The minimum absolute atomic E-state index is 0.0447. The molecule has 19 heavy (non-hydrogen) atoms. The molecule has 1 aliphatic rings. The lowest BCUT2D eigenvalue weighted by Gasteiger charge is -2.21. The third-order valence-electron chi connectivity index (χ3n) is 3.10. The van der Waals surface area contributed by atoms with Crippen LogP contribution in [-0.4, -0.2) is 21.4 Å². The highest BCUT2D eigenvalue weighted by molar-refractivity contribution is 5.40. The van der Waals surface area contributed by atoms with E-state index < -0.39 is 0 Å². The maximum Gasteiger partial charge on any atom is 0.231 e. The Balaban J connectivity index is 2.06. The van der Waals surface area contributed by atoms with E-state index in [2.05, 4.69) is 55.4 Å². The second-order valence-electron chi connectivity index (χ2n) is 5.90. The summed E-state index contributed by atoms with van der Waals surface area (Å²) in [5.74, 6) is 0.739. The third kappa shape index (κ3) is 3.46. The van der Waals surface area contributed by atoms with Crippen LogP contribution in [-0.2, 0) is 5.41 Å². The monoisotopic (exact) mass is 259 g/mol. The lowest BCUT2D eigenvalue weighted by atomic mass is 9.92. The van der Waals surface area contributed by atoms with Gasteiger partial charge in [0.1, 0.15) is 6.67 Å². The molecular formula is C15H23N4. The van der Waals surface area contributed by atoms with Crippen LogP contribution in [0, 0.1) is 6.67 Å². The topological polar surface area (TPSA) is 32.3 Å². The smallest absolute Gasteiger partial charge is 0.231 e. The number of unbranched alkanes of at least 4 members (excludes halogenated alkanes) is 1. The first-order valence-electron chi connectivity index (χ1n) is 6.91. The molecule has 0 aromatic carbocycles. The molecule has 1 aliphatic heterocycles. The average molecular weight is 259 g/mol. The van der Waals surface area contributed by atoms with Gasteiger partial charge in [-0.25, -0.2) is 9.97 Å². The summed E-state index contributed by atoms with van der Waals surface area (Å²) in [6, 6.07) is 1.98. The first-order valence-corrected chi connectivity index (χ1v) is 6.91. The SMILES string of the molecule is CCCCN1[CH]N(c2nccc(C(C)(C)C)n2)C=C1. The number of aromatic nitrogens is 2. The lowest BCUT2D eigenvalue weighted by molar-refractivity contribution is 0.450. The van der Waals surface area contributed by atoms with Gasteiger partial charge in [0.15, 0.2) is 0 Å². The predicted octanol–water partition coefficient (Wildman–Crippen LogP) is 3.29. The molecule has 2 rings (SSSR count). The summed E-state index contributed by atoms with van der Waals surface area (Å²) >= 11 is 0. The zero-order valence-electron chi connectivity index (χ0n) is 12.3. The van der Waals surface area contributed by atoms with Gasteiger partial charge in [-0.15, -0.1) is 0 Å². The number of hydrogen-bond acceptors (Lipinski definition) is 4. The van der Waals surface area contributed by atoms with E-state index in [0.29, 0.717) is 0 Å². The van der Waals surface area contributed by atoms with Crippen LogP contribution in [0.4, 0.5) is 5.95 Å². The number of anilines is 1. The third-order valence-corrected chi connectivity index (χ3v) is 3.10. The molecule has 0 spiro atoms. The van der Waals surface area contributed by atoms with Gasteiger partial charge in [-0.3, -0.25) is 4.90 Å². The van der Waals surface area contributed by atoms with Crippen LogP contribution >= 0.6 is 0 Å². The van der Waals surface area contributed by atoms with Crippen molar-refractivity contribution in [2.24, 2.45) is 0 Å². The van der Waals surface area contributed by atoms with E-state index in [4.69, 9.17) is 0 Å². The molecule has 1 aromatic heterocycles. The molecule has 4 nitrogen and oxygen atoms in total. The molecule has 0 fully saturated rings. The van der Waals surface area contributed by atoms with Gasteiger partial charge >= 0.3 is 0 Å². The minimum atomic E-state index is 0.0447. The molecule has 0 atom stereocenters. The summed E-state index contributed by atoms with van der Waals surface area (Å²) in [7, 11) is 0. The standard InChI is InChI=1S/C15H23N4/c1-5-6-9-18-10-11-19(12-18)14-16-8-7-13(17-14)15(2,3)4/h7-8,10-12H,5-6,9H2,1-4H3. The Hall–Kier alpha value is -1.58. The van der Waals surface area contributed by atoms with Gasteiger partial charge < -0.3 is 4.90 Å². The first kappa shape index (κ1) is 13.8. The van der Waals surface area contributed by atoms with Crippen molar-refractivity contribution in [2.75, 3.05) is 11.4 Å². The van der Waals surface area contributed by atoms with Crippen molar-refractivity contribution in [3.63, 3.8) is 0 Å². The van der Waals surface area contributed by atoms with E-state index in [0.717, 1.165) is 18.2 Å². The van der Waals surface area contributed by atoms with Gasteiger partial charge in [0, 0.05) is 30.6 Å². The molecule has 0 aliphatic carbocycles. The molecule has 0 saturated carbocycles. The van der Waals surface area contributed by atoms with Crippen molar-refractivity contribution in [2.45, 2.75) is 46.0 Å². The zero-order valence-corrected chi connectivity index (χ0v) is 12.3. The van der Waals surface area contributed by atoms with Crippen molar-refractivity contribution in [1.29, 1.82) is 0 Å². The molecule has 0 N–H and O–H groups in total. The van der Waals surface area contributed by atoms with Crippen molar-refractivity contribution in [3.8, 4) is 0 Å². The van der Waals surface area contributed by atoms with Crippen molar-refractivity contribution in [3.05, 3.63) is 37.0 Å². The van der Waals surface area contributed by atoms with Crippen LogP contribution in [0.2, 0.25) is 0 Å². The number of nitrogens with zero attached hydrogens (tertiary/aromatic N) is 4. The highest BCUT2D eigenvalue weighted by atomic mass is 15.4. The molecule has 0 bridgehead atoms. The van der Waals surface area contributed by atoms with Crippen molar-refractivity contribution >= 4 is 5.95 Å². The van der Waals surface area contributed by atoms with E-state index in [1.165, 1.54) is 12.8 Å². The van der Waals surface area contributed by atoms with Crippen LogP contribution in [0.15, 0.2) is 24.7 Å². The fourth-order valence-electron chi connectivity index (χ4n) is 1.88. The summed E-state index contributed by atoms with van der Waals surface area (Å²) in [6.45, 7) is 11.8. The Morgan fingerprint density at radius 2 is 2.00 bits per heavy atom. The Morgan fingerprint density at radius 3 is 2.68 bits per heavy atom. The normalized spacial score (nSPS) is 15.4. The highest BCUT2D eigenvalue weighted by Crippen LogP contribution is 2.23. The lowest BCUT2D eigenvalue weighted by Crippen LogP contribution is -2.22. The molecule has 0 unspecified atom stereocenters. The molecule has 0 saturated heterocycles. The van der Waals surface area contributed by atoms with E-state index in [1.807, 2.05) is 23.4 Å². The molecule has 103 valence electrons. The molecular weight excluding hydrogens is 236 g/mol. The van der Waals surface area contributed by atoms with Crippen LogP contribution in [0.5, 0.6) is 0 Å². The van der Waals surface area contributed by atoms with Gasteiger partial charge in [0.25, 0.3) is 0 Å². The molecule has 4 heteroatoms. The maximum absolute atomic E-state index is 4.65. The molecule has 1 aromatic rings. The molecule has 2 heterocycles. The second-order valence-corrected chi connectivity index (χ2v) is 5.90. The van der Waals surface area contributed by atoms with Gasteiger partial charge in [0.2, 0.25) is 5.95 Å². The summed E-state index contributed by atoms with van der Waals surface area (Å²) in [5.41, 5.74) is 1.11. The summed E-state index contributed by atoms with van der Waals surface area (Å²) < 4.78 is 0. The molecule has 1 radical (unpaired) electrons. The highest BCUT2D eigenvalue weighted by Gasteiger charge is 2.20. The fourth-order valence-corrected chi connectivity index (χ4v) is 1.88. The number of hydrogen-bond donors (Lipinski definition) is 0. The van der Waals surface area contributed by atoms with Crippen molar-refractivity contribution in [1.82, 2.24) is 14.9 Å². The number of rotatable bonds is 4. The van der Waals surface area contributed by atoms with Gasteiger partial charge in [0.05, 0.1) is 5.69 Å². The minimum Gasteiger partial charge on any atom is -0.352 e. The van der Waals surface area contributed by atoms with Crippen LogP contribution in [0.1, 0.15) is 46.2 Å². The molecule has 0 amide bonds. The van der Waals surface area contributed by atoms with Crippen LogP contribution < -0.4 is 4.90 Å². The summed E-state index contributed by atoms with van der Waals surface area (Å²) in [5, 5.41) is 0. The Labute approximate surface area is 116 Å². The van der Waals surface area contributed by atoms with E-state index in [-0.39, 0.29) is 5.41 Å². The van der Waals surface area contributed by atoms with Gasteiger partial charge in [-0.2, -0.15) is 0 Å². The van der Waals surface area contributed by atoms with E-state index >= 15 is 0 Å². The van der Waals surface area contributed by atoms with Crippen LogP contribution in [0.25, 0.3) is 0 Å². The predicted molar refractivity (Wildman–Crippen MR) is 78.3 cm³/mol. The van der Waals surface area contributed by atoms with Crippen molar-refractivity contribution < 1.29 is 0 Å². The van der Waals surface area contributed by atoms with Gasteiger partial charge in [-0.1, -0.05) is 34.1 Å². The maximum atomic E-state index is 4.65. The van der Waals surface area contributed by atoms with E-state index in [9.17, 15) is 0 Å². The van der Waals surface area contributed by atoms with Crippen LogP contribution in [0.3, 0.4) is 0 Å². The Kier molecular flexibility index (Phi) is 4.08. The second kappa shape index (κ2) is 5.59. The Morgan fingerprint density at radius 1 is 1.21 bits per heavy atom. The average Bonchev–Trinajstić information content (AvgIpc) is 2.84. The first-order chi connectivity index (χ1) is 9.00. The summed E-state index contributed by atoms with van der Waals surface area (Å²) in [6.07, 6.45) is 8.31. The van der Waals surface area contributed by atoms with E-state index in [1.54, 1.807) is 0 Å². The summed E-state index contributed by atoms with van der Waals surface area (Å²) in [4.78, 5) is 13.2. The Bertz CT molecular complexity index is 448. The van der Waals surface area contributed by atoms with Gasteiger partial charge in [-0.05, 0) is 12.5 Å². The zero-order chi connectivity index (χ0) is 13.9. The fraction of sp³-hybridized carbons (Fsp3) is 0.533. The quantitative estimate of drug-likeness (QED) is 0.830.